The lowest BCUT2D eigenvalue weighted by Crippen LogP contribution is -2.49. The quantitative estimate of drug-likeness (QED) is 0.778. The van der Waals surface area contributed by atoms with Crippen LogP contribution in [0.2, 0.25) is 0 Å². The van der Waals surface area contributed by atoms with Crippen LogP contribution in [0.3, 0.4) is 0 Å². The minimum absolute atomic E-state index is 0.0244. The highest BCUT2D eigenvalue weighted by molar-refractivity contribution is 5.98. The van der Waals surface area contributed by atoms with E-state index in [0.717, 1.165) is 5.56 Å². The van der Waals surface area contributed by atoms with Crippen LogP contribution >= 0.6 is 0 Å². The zero-order chi connectivity index (χ0) is 15.3. The average molecular weight is 277 g/mol. The molecule has 5 nitrogen and oxygen atoms in total. The van der Waals surface area contributed by atoms with Crippen molar-refractivity contribution in [2.45, 2.75) is 39.2 Å². The van der Waals surface area contributed by atoms with Crippen molar-refractivity contribution >= 4 is 17.7 Å². The van der Waals surface area contributed by atoms with Gasteiger partial charge in [0.25, 0.3) is 0 Å². The summed E-state index contributed by atoms with van der Waals surface area (Å²) in [6.45, 7) is 4.72. The number of hydrogen-bond donors (Lipinski definition) is 2. The van der Waals surface area contributed by atoms with Crippen molar-refractivity contribution in [3.8, 4) is 0 Å². The topological polar surface area (TPSA) is 83.5 Å². The molecule has 0 radical (unpaired) electrons. The first-order valence-electron chi connectivity index (χ1n) is 6.36. The number of carbonyl (C=O) groups excluding carboxylic acids is 2. The van der Waals surface area contributed by atoms with Crippen LogP contribution in [0.25, 0.3) is 0 Å². The monoisotopic (exact) mass is 277 g/mol. The second-order valence-electron chi connectivity index (χ2n) is 5.27. The van der Waals surface area contributed by atoms with E-state index in [2.05, 4.69) is 5.32 Å². The first-order chi connectivity index (χ1) is 9.22. The minimum atomic E-state index is -1.33. The van der Waals surface area contributed by atoms with E-state index in [1.807, 2.05) is 19.1 Å². The van der Waals surface area contributed by atoms with E-state index in [9.17, 15) is 14.4 Å². The van der Waals surface area contributed by atoms with Crippen LogP contribution in [-0.2, 0) is 9.59 Å². The Kier molecular flexibility index (Phi) is 5.02. The zero-order valence-corrected chi connectivity index (χ0v) is 11.9. The molecule has 0 fully saturated rings. The molecule has 0 heterocycles. The summed E-state index contributed by atoms with van der Waals surface area (Å²) in [4.78, 5) is 34.4. The van der Waals surface area contributed by atoms with Crippen molar-refractivity contribution in [2.75, 3.05) is 0 Å². The second kappa shape index (κ2) is 6.32. The van der Waals surface area contributed by atoms with Crippen LogP contribution in [0.15, 0.2) is 24.3 Å². The number of ketones is 1. The summed E-state index contributed by atoms with van der Waals surface area (Å²) in [7, 11) is 0. The van der Waals surface area contributed by atoms with Gasteiger partial charge in [-0.15, -0.1) is 0 Å². The lowest BCUT2D eigenvalue weighted by molar-refractivity contribution is -0.146. The summed E-state index contributed by atoms with van der Waals surface area (Å²) >= 11 is 0. The summed E-state index contributed by atoms with van der Waals surface area (Å²) in [5.41, 5.74) is 0.285. The number of aliphatic carboxylic acids is 1. The predicted molar refractivity (Wildman–Crippen MR) is 74.6 cm³/mol. The number of hydrogen-bond acceptors (Lipinski definition) is 3. The second-order valence-corrected chi connectivity index (χ2v) is 5.27. The molecule has 2 N–H and O–H groups in total. The zero-order valence-electron chi connectivity index (χ0n) is 11.9. The van der Waals surface area contributed by atoms with E-state index < -0.39 is 17.4 Å². The Labute approximate surface area is 118 Å². The van der Waals surface area contributed by atoms with Gasteiger partial charge in [0.2, 0.25) is 5.91 Å². The minimum Gasteiger partial charge on any atom is -0.480 e. The van der Waals surface area contributed by atoms with Crippen LogP contribution in [0, 0.1) is 6.92 Å². The molecule has 1 aromatic carbocycles. The number of carbonyl (C=O) groups is 3. The third-order valence-electron chi connectivity index (χ3n) is 2.94. The van der Waals surface area contributed by atoms with E-state index >= 15 is 0 Å². The Balaban J connectivity index is 2.51. The highest BCUT2D eigenvalue weighted by atomic mass is 16.4. The molecule has 0 unspecified atom stereocenters. The van der Waals surface area contributed by atoms with Crippen molar-refractivity contribution in [3.63, 3.8) is 0 Å². The van der Waals surface area contributed by atoms with Gasteiger partial charge < -0.3 is 10.4 Å². The van der Waals surface area contributed by atoms with Crippen LogP contribution in [-0.4, -0.2) is 28.3 Å². The van der Waals surface area contributed by atoms with Gasteiger partial charge in [-0.2, -0.15) is 0 Å². The molecule has 0 bridgehead atoms. The van der Waals surface area contributed by atoms with E-state index in [0.29, 0.717) is 5.56 Å². The molecule has 0 aliphatic carbocycles. The Morgan fingerprint density at radius 1 is 1.10 bits per heavy atom. The molecular formula is C15H19NO4. The Bertz CT molecular complexity index is 517. The first-order valence-corrected chi connectivity index (χ1v) is 6.36. The van der Waals surface area contributed by atoms with E-state index in [1.165, 1.54) is 13.8 Å². The molecule has 20 heavy (non-hydrogen) atoms. The third kappa shape index (κ3) is 4.50. The Morgan fingerprint density at radius 3 is 2.15 bits per heavy atom. The van der Waals surface area contributed by atoms with Gasteiger partial charge in [-0.25, -0.2) is 4.79 Å². The van der Waals surface area contributed by atoms with Crippen LogP contribution in [0.1, 0.15) is 42.6 Å². The van der Waals surface area contributed by atoms with Gasteiger partial charge in [0.1, 0.15) is 5.54 Å². The number of benzene rings is 1. The number of rotatable bonds is 6. The van der Waals surface area contributed by atoms with Crippen molar-refractivity contribution in [3.05, 3.63) is 35.4 Å². The van der Waals surface area contributed by atoms with Gasteiger partial charge in [-0.05, 0) is 20.8 Å². The lowest BCUT2D eigenvalue weighted by atomic mass is 10.0. The molecule has 108 valence electrons. The van der Waals surface area contributed by atoms with E-state index in [4.69, 9.17) is 5.11 Å². The maximum atomic E-state index is 11.9. The lowest BCUT2D eigenvalue weighted by Gasteiger charge is -2.20. The summed E-state index contributed by atoms with van der Waals surface area (Å²) in [6, 6.07) is 7.11. The van der Waals surface area contributed by atoms with Crippen molar-refractivity contribution in [2.24, 2.45) is 0 Å². The van der Waals surface area contributed by atoms with E-state index in [-0.39, 0.29) is 18.6 Å². The Hall–Kier alpha value is -2.17. The average Bonchev–Trinajstić information content (AvgIpc) is 2.36. The molecule has 0 aliphatic heterocycles. The fraction of sp³-hybridized carbons (Fsp3) is 0.400. The SMILES string of the molecule is Cc1ccc(C(=O)CCC(=O)NC(C)(C)C(=O)O)cc1. The fourth-order valence-electron chi connectivity index (χ4n) is 1.58. The molecule has 0 saturated carbocycles. The number of Topliss-reactive ketones (excluding diaryl/α,β-unsaturated/α-hetero) is 1. The summed E-state index contributed by atoms with van der Waals surface area (Å²) in [5, 5.41) is 11.3. The summed E-state index contributed by atoms with van der Waals surface area (Å²) in [6.07, 6.45) is 0.0357. The van der Waals surface area contributed by atoms with Crippen molar-refractivity contribution in [1.82, 2.24) is 5.32 Å². The smallest absolute Gasteiger partial charge is 0.328 e. The largest absolute Gasteiger partial charge is 0.480 e. The fourth-order valence-corrected chi connectivity index (χ4v) is 1.58. The van der Waals surface area contributed by atoms with E-state index in [1.54, 1.807) is 12.1 Å². The van der Waals surface area contributed by atoms with Crippen LogP contribution < -0.4 is 5.32 Å². The van der Waals surface area contributed by atoms with Crippen LogP contribution in [0.5, 0.6) is 0 Å². The number of nitrogens with one attached hydrogen (secondary N) is 1. The van der Waals surface area contributed by atoms with Crippen molar-refractivity contribution in [1.29, 1.82) is 0 Å². The molecule has 0 saturated heterocycles. The number of aryl methyl sites for hydroxylation is 1. The van der Waals surface area contributed by atoms with Gasteiger partial charge >= 0.3 is 5.97 Å². The first kappa shape index (κ1) is 15.9. The van der Waals surface area contributed by atoms with Gasteiger partial charge in [0, 0.05) is 18.4 Å². The Morgan fingerprint density at radius 2 is 1.65 bits per heavy atom. The maximum absolute atomic E-state index is 11.9. The normalized spacial score (nSPS) is 10.9. The van der Waals surface area contributed by atoms with Gasteiger partial charge in [0.15, 0.2) is 5.78 Å². The van der Waals surface area contributed by atoms with Gasteiger partial charge in [0.05, 0.1) is 0 Å². The molecule has 0 atom stereocenters. The molecular weight excluding hydrogens is 258 g/mol. The summed E-state index contributed by atoms with van der Waals surface area (Å²) in [5.74, 6) is -1.69. The third-order valence-corrected chi connectivity index (χ3v) is 2.94. The molecule has 1 rings (SSSR count). The molecule has 0 spiro atoms. The van der Waals surface area contributed by atoms with Crippen LogP contribution in [0.4, 0.5) is 0 Å². The summed E-state index contributed by atoms with van der Waals surface area (Å²) < 4.78 is 0. The standard InChI is InChI=1S/C15H19NO4/c1-10-4-6-11(7-5-10)12(17)8-9-13(18)16-15(2,3)14(19)20/h4-7H,8-9H2,1-3H3,(H,16,18)(H,19,20). The predicted octanol–water partition coefficient (Wildman–Crippen LogP) is 1.94. The van der Waals surface area contributed by atoms with Gasteiger partial charge in [-0.1, -0.05) is 29.8 Å². The molecule has 1 amide bonds. The maximum Gasteiger partial charge on any atom is 0.328 e. The number of carboxylic acid groups (broad SMARTS) is 1. The van der Waals surface area contributed by atoms with Crippen molar-refractivity contribution < 1.29 is 19.5 Å². The highest BCUT2D eigenvalue weighted by Crippen LogP contribution is 2.09. The number of amides is 1. The highest BCUT2D eigenvalue weighted by Gasteiger charge is 2.28. The molecule has 0 aliphatic rings. The molecule has 0 aromatic heterocycles. The number of carboxylic acids is 1. The molecule has 5 heteroatoms. The molecule has 1 aromatic rings. The van der Waals surface area contributed by atoms with Gasteiger partial charge in [-0.3, -0.25) is 9.59 Å².